The van der Waals surface area contributed by atoms with Crippen LogP contribution in [0.1, 0.15) is 82.8 Å². The summed E-state index contributed by atoms with van der Waals surface area (Å²) >= 11 is 7.17. The van der Waals surface area contributed by atoms with Crippen LogP contribution in [-0.2, 0) is 41.3 Å². The van der Waals surface area contributed by atoms with E-state index in [-0.39, 0.29) is 48.9 Å². The van der Waals surface area contributed by atoms with Crippen molar-refractivity contribution in [2.75, 3.05) is 62.7 Å². The zero-order chi connectivity index (χ0) is 51.5. The van der Waals surface area contributed by atoms with Gasteiger partial charge in [-0.3, -0.25) is 24.6 Å². The van der Waals surface area contributed by atoms with E-state index in [0.717, 1.165) is 45.6 Å². The van der Waals surface area contributed by atoms with Gasteiger partial charge in [-0.15, -0.1) is 11.3 Å². The molecule has 0 spiro atoms. The van der Waals surface area contributed by atoms with Crippen molar-refractivity contribution < 1.29 is 51.6 Å². The number of pyridine rings is 1. The van der Waals surface area contributed by atoms with E-state index >= 15 is 0 Å². The molecule has 0 saturated carbocycles. The largest absolute Gasteiger partial charge is 0.494 e. The van der Waals surface area contributed by atoms with Crippen molar-refractivity contribution in [2.24, 2.45) is 5.41 Å². The molecule has 0 radical (unpaired) electrons. The number of alkyl halides is 3. The van der Waals surface area contributed by atoms with Crippen molar-refractivity contribution >= 4 is 57.8 Å². The number of ether oxygens (including phenoxy) is 4. The first-order valence-electron chi connectivity index (χ1n) is 23.3. The molecule has 3 amide bonds. The van der Waals surface area contributed by atoms with Gasteiger partial charge in [-0.05, 0) is 99.1 Å². The average molecular weight is 1020 g/mol. The minimum absolute atomic E-state index is 0.0314. The average Bonchev–Trinajstić information content (AvgIpc) is 3.99. The fourth-order valence-corrected chi connectivity index (χ4v) is 9.55. The molecule has 21 heteroatoms. The van der Waals surface area contributed by atoms with Crippen LogP contribution in [-0.4, -0.2) is 119 Å². The molecule has 71 heavy (non-hydrogen) atoms. The van der Waals surface area contributed by atoms with Gasteiger partial charge in [0.1, 0.15) is 23.4 Å². The highest BCUT2D eigenvalue weighted by Gasteiger charge is 2.51. The Morgan fingerprint density at radius 3 is 2.27 bits per heavy atom. The van der Waals surface area contributed by atoms with Gasteiger partial charge < -0.3 is 39.2 Å². The van der Waals surface area contributed by atoms with Crippen LogP contribution in [0, 0.1) is 23.7 Å². The minimum atomic E-state index is -4.85. The Morgan fingerprint density at radius 1 is 0.958 bits per heavy atom. The number of aromatic nitrogens is 2. The Labute approximate surface area is 421 Å². The number of nitriles is 1. The van der Waals surface area contributed by atoms with E-state index in [2.05, 4.69) is 20.6 Å². The van der Waals surface area contributed by atoms with Gasteiger partial charge in [-0.25, -0.2) is 9.97 Å². The number of likely N-dealkylation sites (tertiary alicyclic amines) is 1. The van der Waals surface area contributed by atoms with Crippen molar-refractivity contribution in [2.45, 2.75) is 104 Å². The van der Waals surface area contributed by atoms with Gasteiger partial charge in [-0.1, -0.05) is 45.0 Å². The third-order valence-corrected chi connectivity index (χ3v) is 13.3. The third kappa shape index (κ3) is 13.9. The first-order chi connectivity index (χ1) is 33.7. The Hall–Kier alpha value is -5.60. The fraction of sp³-hybridized carbons (Fsp3) is 0.500. The summed E-state index contributed by atoms with van der Waals surface area (Å²) in [5, 5.41) is 25.8. The van der Waals surface area contributed by atoms with Gasteiger partial charge >= 0.3 is 6.18 Å². The molecular formula is C50H61F3N8O8S2. The summed E-state index contributed by atoms with van der Waals surface area (Å²) < 4.78 is 64.1. The van der Waals surface area contributed by atoms with Crippen LogP contribution in [0.3, 0.4) is 0 Å². The number of β-amino-alcohol motifs (C(OH)–C–C–N with tert-alkyl or cyclic N) is 1. The number of nitrogens with zero attached hydrogens (tertiary/aromatic N) is 6. The summed E-state index contributed by atoms with van der Waals surface area (Å²) in [7, 11) is 0. The second-order valence-corrected chi connectivity index (χ2v) is 20.0. The van der Waals surface area contributed by atoms with Crippen molar-refractivity contribution in [3.05, 3.63) is 88.8 Å². The number of hydrogen-bond donors (Lipinski definition) is 3. The summed E-state index contributed by atoms with van der Waals surface area (Å²) in [6.45, 7) is 14.1. The Balaban J connectivity index is 0.821. The molecular weight excluding hydrogens is 962 g/mol. The number of carbonyl (C=O) groups excluding carboxylic acids is 3. The number of hydrogen-bond acceptors (Lipinski definition) is 14. The normalized spacial score (nSPS) is 17.5. The Morgan fingerprint density at radius 2 is 1.62 bits per heavy atom. The van der Waals surface area contributed by atoms with Gasteiger partial charge in [0.25, 0.3) is 5.91 Å². The van der Waals surface area contributed by atoms with Gasteiger partial charge in [0.2, 0.25) is 11.8 Å². The zero-order valence-electron chi connectivity index (χ0n) is 40.7. The molecule has 4 heterocycles. The molecule has 4 aromatic rings. The molecule has 382 valence electrons. The molecule has 2 aliphatic heterocycles. The monoisotopic (exact) mass is 1020 g/mol. The number of anilines is 2. The maximum atomic E-state index is 13.9. The number of aliphatic hydroxyl groups excluding tert-OH is 1. The number of unbranched alkanes of at least 4 members (excludes halogenated alkanes) is 1. The molecule has 3 atom stereocenters. The molecule has 6 rings (SSSR count). The Bertz CT molecular complexity index is 2510. The first-order valence-corrected chi connectivity index (χ1v) is 24.6. The highest BCUT2D eigenvalue weighted by Crippen LogP contribution is 2.39. The summed E-state index contributed by atoms with van der Waals surface area (Å²) in [5.74, 6) is -0.558. The summed E-state index contributed by atoms with van der Waals surface area (Å²) in [6, 6.07) is 15.5. The van der Waals surface area contributed by atoms with Crippen LogP contribution in [0.4, 0.5) is 24.5 Å². The molecule has 0 aliphatic carbocycles. The summed E-state index contributed by atoms with van der Waals surface area (Å²) in [4.78, 5) is 53.9. The molecule has 0 bridgehead atoms. The van der Waals surface area contributed by atoms with E-state index in [0.29, 0.717) is 63.6 Å². The molecule has 2 aliphatic rings. The number of amides is 3. The lowest BCUT2D eigenvalue weighted by molar-refractivity contribution is -0.143. The number of nitrogens with one attached hydrogen (secondary N) is 2. The number of aryl methyl sites for hydroxylation is 1. The molecule has 3 N–H and O–H groups in total. The molecule has 2 aromatic heterocycles. The number of thiocarbonyl (C=S) groups is 1. The molecule has 0 unspecified atom stereocenters. The zero-order valence-corrected chi connectivity index (χ0v) is 42.3. The van der Waals surface area contributed by atoms with Gasteiger partial charge in [0, 0.05) is 45.0 Å². The summed E-state index contributed by atoms with van der Waals surface area (Å²) in [6.07, 6.45) is -2.29. The third-order valence-electron chi connectivity index (χ3n) is 12.0. The van der Waals surface area contributed by atoms with Crippen LogP contribution in [0.5, 0.6) is 5.75 Å². The lowest BCUT2D eigenvalue weighted by Gasteiger charge is -2.35. The van der Waals surface area contributed by atoms with Crippen LogP contribution < -0.4 is 25.2 Å². The van der Waals surface area contributed by atoms with Crippen molar-refractivity contribution in [3.63, 3.8) is 0 Å². The second kappa shape index (κ2) is 24.2. The fourth-order valence-electron chi connectivity index (χ4n) is 8.22. The van der Waals surface area contributed by atoms with E-state index in [4.69, 9.17) is 36.4 Å². The lowest BCUT2D eigenvalue weighted by atomic mass is 9.85. The second-order valence-electron chi connectivity index (χ2n) is 18.8. The predicted molar refractivity (Wildman–Crippen MR) is 265 cm³/mol. The van der Waals surface area contributed by atoms with Gasteiger partial charge in [0.05, 0.1) is 72.2 Å². The van der Waals surface area contributed by atoms with Gasteiger partial charge in [0.15, 0.2) is 10.8 Å². The summed E-state index contributed by atoms with van der Waals surface area (Å²) in [5.41, 5.74) is 1.30. The van der Waals surface area contributed by atoms with Crippen LogP contribution in [0.2, 0.25) is 0 Å². The molecule has 2 fully saturated rings. The van der Waals surface area contributed by atoms with Crippen LogP contribution in [0.15, 0.2) is 66.3 Å². The number of rotatable bonds is 23. The minimum Gasteiger partial charge on any atom is -0.494 e. The highest BCUT2D eigenvalue weighted by atomic mass is 32.1. The number of halogens is 3. The molecule has 16 nitrogen and oxygen atoms in total. The van der Waals surface area contributed by atoms with E-state index in [1.165, 1.54) is 11.0 Å². The standard InChI is InChI=1S/C50H61F3N8O8S2/c1-32-42(71-31-58-32)34-12-10-33(11-13-34)27-56-44(63)41-25-37(62)29-59(41)45(64)43(48(2,3)4)57-30-68-23-22-67-20-9-19-66-18-7-8-21-69-38-16-14-35(15-17-38)61-47(70)60(46(65)49(61,5)6)36-24-39(50(51,52)53)40(26-54)55-28-36/h10-17,24,28,31,37,41,43,57,62H,7-9,18-23,25,27,29-30H2,1-6H3,(H,56,63)/t37-,41+,43-/m1/s1. The van der Waals surface area contributed by atoms with E-state index in [1.54, 1.807) is 54.3 Å². The first kappa shape index (κ1) is 54.7. The number of thiazole rings is 1. The smallest absolute Gasteiger partial charge is 0.419 e. The topological polar surface area (TPSA) is 192 Å². The quantitative estimate of drug-likeness (QED) is 0.0385. The van der Waals surface area contributed by atoms with Crippen LogP contribution in [0.25, 0.3) is 10.4 Å². The maximum Gasteiger partial charge on any atom is 0.419 e. The van der Waals surface area contributed by atoms with Crippen LogP contribution >= 0.6 is 23.6 Å². The van der Waals surface area contributed by atoms with Crippen molar-refractivity contribution in [1.29, 1.82) is 5.26 Å². The lowest BCUT2D eigenvalue weighted by Crippen LogP contribution is -2.57. The number of carbonyl (C=O) groups is 3. The number of aliphatic hydroxyl groups is 1. The number of benzene rings is 2. The molecule has 2 saturated heterocycles. The van der Waals surface area contributed by atoms with E-state index in [1.807, 2.05) is 57.5 Å². The maximum absolute atomic E-state index is 13.9. The van der Waals surface area contributed by atoms with Crippen molar-refractivity contribution in [1.82, 2.24) is 25.5 Å². The Kier molecular flexibility index (Phi) is 18.7. The van der Waals surface area contributed by atoms with E-state index in [9.17, 15) is 32.7 Å². The molecule has 2 aromatic carbocycles. The highest BCUT2D eigenvalue weighted by molar-refractivity contribution is 7.81. The van der Waals surface area contributed by atoms with E-state index < -0.39 is 52.5 Å². The van der Waals surface area contributed by atoms with Gasteiger partial charge in [-0.2, -0.15) is 18.4 Å². The predicted octanol–water partition coefficient (Wildman–Crippen LogP) is 7.16. The SMILES string of the molecule is Cc1ncsc1-c1ccc(CNC(=O)[C@@H]2C[C@@H](O)CN2C(=O)[C@@H](NCOCCOCCCOCCCCOc2ccc(N3C(=S)N(c4cnc(C#N)c(C(F)(F)F)c4)C(=O)C3(C)C)cc2)C(C)(C)C)cc1. The van der Waals surface area contributed by atoms with Crippen molar-refractivity contribution in [3.8, 4) is 22.3 Å².